The number of carbonyl (C=O) groups excluding carboxylic acids is 1. The fourth-order valence-electron chi connectivity index (χ4n) is 4.35. The third kappa shape index (κ3) is 3.93. The van der Waals surface area contributed by atoms with Crippen LogP contribution in [-0.4, -0.2) is 42.8 Å². The fraction of sp³-hybridized carbons (Fsp3) is 0.200. The van der Waals surface area contributed by atoms with Crippen molar-refractivity contribution in [2.24, 2.45) is 0 Å². The molecule has 5 rings (SSSR count). The van der Waals surface area contributed by atoms with Crippen LogP contribution in [0.25, 0.3) is 11.0 Å². The summed E-state index contributed by atoms with van der Waals surface area (Å²) in [5.74, 6) is 0.483. The zero-order chi connectivity index (χ0) is 23.9. The average molecular weight is 495 g/mol. The molecule has 1 aliphatic rings. The van der Waals surface area contributed by atoms with E-state index in [1.165, 1.54) is 19.2 Å². The van der Waals surface area contributed by atoms with Crippen molar-refractivity contribution < 1.29 is 13.2 Å². The molecule has 1 aliphatic heterocycles. The van der Waals surface area contributed by atoms with Crippen molar-refractivity contribution in [1.29, 1.82) is 0 Å². The number of rotatable bonds is 5. The van der Waals surface area contributed by atoms with E-state index < -0.39 is 10.0 Å². The number of para-hydroxylation sites is 3. The number of nitrogens with one attached hydrogen (secondary N) is 1. The fourth-order valence-corrected chi connectivity index (χ4v) is 6.04. The molecule has 0 unspecified atom stereocenters. The molecule has 0 saturated carbocycles. The summed E-state index contributed by atoms with van der Waals surface area (Å²) in [4.78, 5) is 23.2. The van der Waals surface area contributed by atoms with Crippen LogP contribution in [0.4, 0.5) is 5.69 Å². The zero-order valence-electron chi connectivity index (χ0n) is 18.5. The Bertz CT molecular complexity index is 1440. The van der Waals surface area contributed by atoms with Crippen LogP contribution in [0.5, 0.6) is 0 Å². The van der Waals surface area contributed by atoms with E-state index in [1.807, 2.05) is 30.3 Å². The summed E-state index contributed by atoms with van der Waals surface area (Å²) in [6.45, 7) is 0.565. The van der Waals surface area contributed by atoms with Gasteiger partial charge in [-0.1, -0.05) is 41.9 Å². The van der Waals surface area contributed by atoms with Crippen LogP contribution in [0.3, 0.4) is 0 Å². The molecule has 34 heavy (non-hydrogen) atoms. The SMILES string of the molecule is CN(c1ccccc1)S(=O)(=O)c1cc(C(=O)N2CCC[C@@H]2c2nc3ccccc3[nH]2)ccc1Cl. The second-order valence-electron chi connectivity index (χ2n) is 8.25. The lowest BCUT2D eigenvalue weighted by Crippen LogP contribution is -2.31. The third-order valence-electron chi connectivity index (χ3n) is 6.17. The number of fused-ring (bicyclic) bond motifs is 1. The van der Waals surface area contributed by atoms with Crippen LogP contribution in [0.15, 0.2) is 77.7 Å². The van der Waals surface area contributed by atoms with Crippen molar-refractivity contribution in [3.8, 4) is 0 Å². The van der Waals surface area contributed by atoms with Crippen molar-refractivity contribution in [1.82, 2.24) is 14.9 Å². The molecule has 174 valence electrons. The van der Waals surface area contributed by atoms with Crippen molar-refractivity contribution >= 4 is 44.3 Å². The number of hydrogen-bond donors (Lipinski definition) is 1. The summed E-state index contributed by atoms with van der Waals surface area (Å²) in [6.07, 6.45) is 1.62. The van der Waals surface area contributed by atoms with Crippen molar-refractivity contribution in [2.45, 2.75) is 23.8 Å². The number of imidazole rings is 1. The second kappa shape index (κ2) is 8.77. The van der Waals surface area contributed by atoms with E-state index in [0.29, 0.717) is 12.2 Å². The number of aromatic nitrogens is 2. The van der Waals surface area contributed by atoms with Crippen LogP contribution >= 0.6 is 11.6 Å². The first-order valence-corrected chi connectivity index (χ1v) is 12.8. The van der Waals surface area contributed by atoms with Crippen molar-refractivity contribution in [3.05, 3.63) is 89.2 Å². The summed E-state index contributed by atoms with van der Waals surface area (Å²) >= 11 is 6.30. The minimum absolute atomic E-state index is 0.0644. The van der Waals surface area contributed by atoms with Crippen LogP contribution in [-0.2, 0) is 10.0 Å². The predicted molar refractivity (Wildman–Crippen MR) is 133 cm³/mol. The zero-order valence-corrected chi connectivity index (χ0v) is 20.1. The molecule has 1 saturated heterocycles. The number of carbonyl (C=O) groups is 1. The lowest BCUT2D eigenvalue weighted by molar-refractivity contribution is 0.0730. The van der Waals surface area contributed by atoms with Gasteiger partial charge in [0.05, 0.1) is 27.8 Å². The van der Waals surface area contributed by atoms with Gasteiger partial charge in [0.2, 0.25) is 0 Å². The summed E-state index contributed by atoms with van der Waals surface area (Å²) in [5.41, 5.74) is 2.54. The highest BCUT2D eigenvalue weighted by atomic mass is 35.5. The van der Waals surface area contributed by atoms with Crippen LogP contribution < -0.4 is 4.31 Å². The smallest absolute Gasteiger partial charge is 0.265 e. The number of halogens is 1. The number of H-pyrrole nitrogens is 1. The Hall–Kier alpha value is -3.36. The Balaban J connectivity index is 1.47. The third-order valence-corrected chi connectivity index (χ3v) is 8.44. The van der Waals surface area contributed by atoms with Crippen LogP contribution in [0, 0.1) is 0 Å². The minimum atomic E-state index is -3.97. The summed E-state index contributed by atoms with van der Waals surface area (Å²) in [6, 6.07) is 20.7. The molecule has 1 N–H and O–H groups in total. The summed E-state index contributed by atoms with van der Waals surface area (Å²) < 4.78 is 27.8. The van der Waals surface area contributed by atoms with E-state index in [4.69, 9.17) is 11.6 Å². The van der Waals surface area contributed by atoms with Gasteiger partial charge in [-0.05, 0) is 55.3 Å². The van der Waals surface area contributed by atoms with E-state index in [0.717, 1.165) is 34.0 Å². The van der Waals surface area contributed by atoms with Gasteiger partial charge in [0.15, 0.2) is 0 Å². The number of benzene rings is 3. The van der Waals surface area contributed by atoms with Crippen molar-refractivity contribution in [2.75, 3.05) is 17.9 Å². The second-order valence-corrected chi connectivity index (χ2v) is 10.6. The summed E-state index contributed by atoms with van der Waals surface area (Å²) in [7, 11) is -2.51. The number of likely N-dealkylation sites (tertiary alicyclic amines) is 1. The summed E-state index contributed by atoms with van der Waals surface area (Å²) in [5, 5.41) is 0.0644. The van der Waals surface area contributed by atoms with E-state index in [9.17, 15) is 13.2 Å². The van der Waals surface area contributed by atoms with E-state index in [1.54, 1.807) is 35.2 Å². The minimum Gasteiger partial charge on any atom is -0.340 e. The Labute approximate surface area is 203 Å². The van der Waals surface area contributed by atoms with Crippen LogP contribution in [0.2, 0.25) is 5.02 Å². The first kappa shape index (κ1) is 22.4. The number of anilines is 1. The molecule has 0 bridgehead atoms. The first-order chi connectivity index (χ1) is 16.4. The average Bonchev–Trinajstić information content (AvgIpc) is 3.51. The lowest BCUT2D eigenvalue weighted by atomic mass is 10.1. The molecule has 1 aromatic heterocycles. The molecule has 2 heterocycles. The van der Waals surface area contributed by atoms with Gasteiger partial charge >= 0.3 is 0 Å². The molecule has 3 aromatic carbocycles. The van der Waals surface area contributed by atoms with Gasteiger partial charge in [0.1, 0.15) is 10.7 Å². The molecule has 1 amide bonds. The number of hydrogen-bond acceptors (Lipinski definition) is 4. The maximum atomic E-state index is 13.5. The van der Waals surface area contributed by atoms with Gasteiger partial charge in [-0.3, -0.25) is 9.10 Å². The first-order valence-electron chi connectivity index (χ1n) is 11.0. The van der Waals surface area contributed by atoms with E-state index >= 15 is 0 Å². The quantitative estimate of drug-likeness (QED) is 0.422. The monoisotopic (exact) mass is 494 g/mol. The lowest BCUT2D eigenvalue weighted by Gasteiger charge is -2.24. The van der Waals surface area contributed by atoms with Crippen LogP contribution in [0.1, 0.15) is 35.1 Å². The molecule has 0 radical (unpaired) electrons. The maximum Gasteiger partial charge on any atom is 0.265 e. The Morgan fingerprint density at radius 1 is 1.09 bits per heavy atom. The number of sulfonamides is 1. The topological polar surface area (TPSA) is 86.4 Å². The number of nitrogens with zero attached hydrogens (tertiary/aromatic N) is 3. The molecule has 4 aromatic rings. The number of amides is 1. The molecule has 1 fully saturated rings. The van der Waals surface area contributed by atoms with Gasteiger partial charge in [-0.2, -0.15) is 0 Å². The highest BCUT2D eigenvalue weighted by Crippen LogP contribution is 2.34. The molecular formula is C25H23ClN4O3S. The molecule has 0 spiro atoms. The van der Waals surface area contributed by atoms with Gasteiger partial charge in [0, 0.05) is 19.2 Å². The van der Waals surface area contributed by atoms with Crippen molar-refractivity contribution in [3.63, 3.8) is 0 Å². The Morgan fingerprint density at radius 2 is 1.82 bits per heavy atom. The Morgan fingerprint density at radius 3 is 2.59 bits per heavy atom. The largest absolute Gasteiger partial charge is 0.340 e. The normalized spacial score (nSPS) is 16.2. The molecule has 9 heteroatoms. The number of aromatic amines is 1. The van der Waals surface area contributed by atoms with Gasteiger partial charge in [0.25, 0.3) is 15.9 Å². The molecular weight excluding hydrogens is 472 g/mol. The van der Waals surface area contributed by atoms with E-state index in [-0.39, 0.29) is 27.4 Å². The van der Waals surface area contributed by atoms with Gasteiger partial charge in [-0.25, -0.2) is 13.4 Å². The highest BCUT2D eigenvalue weighted by molar-refractivity contribution is 7.93. The maximum absolute atomic E-state index is 13.5. The molecule has 1 atom stereocenters. The predicted octanol–water partition coefficient (Wildman–Crippen LogP) is 5.02. The molecule has 7 nitrogen and oxygen atoms in total. The highest BCUT2D eigenvalue weighted by Gasteiger charge is 2.34. The Kier molecular flexibility index (Phi) is 5.79. The standard InChI is InChI=1S/C25H23ClN4O3S/c1-29(18-8-3-2-4-9-18)34(32,33)23-16-17(13-14-19(23)26)25(31)30-15-7-12-22(30)24-27-20-10-5-6-11-21(20)28-24/h2-6,8-11,13-14,16,22H,7,12,15H2,1H3,(H,27,28)/t22-/m1/s1. The van der Waals surface area contributed by atoms with Gasteiger partial charge < -0.3 is 9.88 Å². The van der Waals surface area contributed by atoms with Gasteiger partial charge in [-0.15, -0.1) is 0 Å². The van der Waals surface area contributed by atoms with E-state index in [2.05, 4.69) is 9.97 Å². The molecule has 0 aliphatic carbocycles.